The quantitative estimate of drug-likeness (QED) is 0.935. The lowest BCUT2D eigenvalue weighted by atomic mass is 10.1. The largest absolute Gasteiger partial charge is 0.331 e. The second kappa shape index (κ2) is 6.36. The van der Waals surface area contributed by atoms with Crippen molar-refractivity contribution in [1.82, 2.24) is 25.0 Å². The maximum atomic E-state index is 13.3. The third kappa shape index (κ3) is 2.51. The highest BCUT2D eigenvalue weighted by Gasteiger charge is 2.39. The number of hydrogen-bond acceptors (Lipinski definition) is 4. The summed E-state index contributed by atoms with van der Waals surface area (Å²) in [7, 11) is 0. The average Bonchev–Trinajstić information content (AvgIpc) is 3.14. The van der Waals surface area contributed by atoms with Gasteiger partial charge in [-0.3, -0.25) is 4.79 Å². The first-order valence-corrected chi connectivity index (χ1v) is 8.81. The summed E-state index contributed by atoms with van der Waals surface area (Å²) < 4.78 is 1.80. The number of nitrogens with one attached hydrogen (secondary N) is 1. The molecule has 2 fully saturated rings. The number of hydrogen-bond donors (Lipinski definition) is 1. The monoisotopic (exact) mass is 325 g/mol. The second-order valence-electron chi connectivity index (χ2n) is 6.55. The predicted octanol–water partition coefficient (Wildman–Crippen LogP) is 1.80. The van der Waals surface area contributed by atoms with E-state index in [2.05, 4.69) is 27.2 Å². The molecule has 0 radical (unpaired) electrons. The van der Waals surface area contributed by atoms with Gasteiger partial charge in [-0.2, -0.15) is 5.10 Å². The fraction of sp³-hybridized carbons (Fsp3) is 0.500. The van der Waals surface area contributed by atoms with Crippen LogP contribution in [0, 0.1) is 0 Å². The molecule has 2 saturated heterocycles. The molecule has 2 aliphatic heterocycles. The van der Waals surface area contributed by atoms with Crippen molar-refractivity contribution in [2.24, 2.45) is 0 Å². The van der Waals surface area contributed by atoms with Crippen molar-refractivity contribution in [3.05, 3.63) is 41.9 Å². The zero-order valence-corrected chi connectivity index (χ0v) is 14.0. The van der Waals surface area contributed by atoms with Gasteiger partial charge in [0.25, 0.3) is 5.91 Å². The van der Waals surface area contributed by atoms with Gasteiger partial charge in [-0.1, -0.05) is 13.0 Å². The summed E-state index contributed by atoms with van der Waals surface area (Å²) in [5.41, 5.74) is 1.66. The average molecular weight is 325 g/mol. The first kappa shape index (κ1) is 15.3. The summed E-state index contributed by atoms with van der Waals surface area (Å²) in [6.07, 6.45) is 7.47. The molecule has 4 rings (SSSR count). The lowest BCUT2D eigenvalue weighted by Gasteiger charge is -2.27. The van der Waals surface area contributed by atoms with Gasteiger partial charge in [-0.05, 0) is 44.4 Å². The van der Waals surface area contributed by atoms with Gasteiger partial charge in [0.15, 0.2) is 5.82 Å². The van der Waals surface area contributed by atoms with Crippen LogP contribution in [0.4, 0.5) is 0 Å². The third-order valence-corrected chi connectivity index (χ3v) is 5.19. The van der Waals surface area contributed by atoms with E-state index < -0.39 is 0 Å². The fourth-order valence-corrected chi connectivity index (χ4v) is 4.02. The Kier molecular flexibility index (Phi) is 4.06. The zero-order valence-electron chi connectivity index (χ0n) is 14.0. The number of rotatable bonds is 3. The normalized spacial score (nSPS) is 23.3. The smallest absolute Gasteiger partial charge is 0.257 e. The van der Waals surface area contributed by atoms with Crippen LogP contribution in [0.3, 0.4) is 0 Å². The number of nitrogens with zero attached hydrogens (tertiary/aromatic N) is 4. The molecule has 2 unspecified atom stereocenters. The minimum absolute atomic E-state index is 0.130. The Morgan fingerprint density at radius 2 is 2.17 bits per heavy atom. The van der Waals surface area contributed by atoms with E-state index >= 15 is 0 Å². The number of aromatic nitrogens is 3. The molecule has 2 aromatic heterocycles. The van der Waals surface area contributed by atoms with Crippen LogP contribution >= 0.6 is 0 Å². The molecule has 1 amide bonds. The highest BCUT2D eigenvalue weighted by Crippen LogP contribution is 2.30. The first-order chi connectivity index (χ1) is 11.8. The molecule has 2 atom stereocenters. The van der Waals surface area contributed by atoms with E-state index in [0.717, 1.165) is 55.8 Å². The van der Waals surface area contributed by atoms with Crippen LogP contribution in [0.15, 0.2) is 30.6 Å². The Hall–Kier alpha value is -2.21. The standard InChI is InChI=1S/C18H23N5O/c1-2-16-15(12-21-23(16)17-5-3-4-9-20-17)18(24)22-13-6-7-14(22)11-19-10-8-13/h3-5,9,12-14,19H,2,6-8,10-11H2,1H3. The molecule has 2 bridgehead atoms. The first-order valence-electron chi connectivity index (χ1n) is 8.81. The van der Waals surface area contributed by atoms with Crippen LogP contribution < -0.4 is 5.32 Å². The molecule has 126 valence electrons. The lowest BCUT2D eigenvalue weighted by Crippen LogP contribution is -2.42. The van der Waals surface area contributed by atoms with Gasteiger partial charge in [0, 0.05) is 24.8 Å². The summed E-state index contributed by atoms with van der Waals surface area (Å²) in [4.78, 5) is 19.7. The minimum atomic E-state index is 0.130. The number of fused-ring (bicyclic) bond motifs is 2. The van der Waals surface area contributed by atoms with E-state index in [0.29, 0.717) is 12.1 Å². The Morgan fingerprint density at radius 3 is 2.96 bits per heavy atom. The summed E-state index contributed by atoms with van der Waals surface area (Å²) >= 11 is 0. The van der Waals surface area contributed by atoms with Gasteiger partial charge in [0.1, 0.15) is 0 Å². The summed E-state index contributed by atoms with van der Waals surface area (Å²) in [6, 6.07) is 6.41. The van der Waals surface area contributed by atoms with Crippen LogP contribution in [0.2, 0.25) is 0 Å². The summed E-state index contributed by atoms with van der Waals surface area (Å²) in [5, 5.41) is 7.91. The Bertz CT molecular complexity index is 712. The van der Waals surface area contributed by atoms with E-state index in [-0.39, 0.29) is 5.91 Å². The van der Waals surface area contributed by atoms with Crippen molar-refractivity contribution in [2.75, 3.05) is 13.1 Å². The molecular formula is C18H23N5O. The highest BCUT2D eigenvalue weighted by atomic mass is 16.2. The molecule has 2 aliphatic rings. The molecular weight excluding hydrogens is 302 g/mol. The highest BCUT2D eigenvalue weighted by molar-refractivity contribution is 5.96. The van der Waals surface area contributed by atoms with Crippen LogP contribution in [0.25, 0.3) is 5.82 Å². The zero-order chi connectivity index (χ0) is 16.5. The van der Waals surface area contributed by atoms with E-state index in [4.69, 9.17) is 0 Å². The molecule has 1 N–H and O–H groups in total. The minimum Gasteiger partial charge on any atom is -0.331 e. The van der Waals surface area contributed by atoms with Crippen molar-refractivity contribution in [3.63, 3.8) is 0 Å². The molecule has 6 nitrogen and oxygen atoms in total. The molecule has 2 aromatic rings. The van der Waals surface area contributed by atoms with Crippen LogP contribution in [0.5, 0.6) is 0 Å². The number of amides is 1. The van der Waals surface area contributed by atoms with E-state index in [9.17, 15) is 4.79 Å². The van der Waals surface area contributed by atoms with Gasteiger partial charge >= 0.3 is 0 Å². The van der Waals surface area contributed by atoms with E-state index in [1.165, 1.54) is 0 Å². The van der Waals surface area contributed by atoms with Crippen molar-refractivity contribution in [3.8, 4) is 5.82 Å². The molecule has 0 aromatic carbocycles. The Labute approximate surface area is 141 Å². The van der Waals surface area contributed by atoms with Gasteiger partial charge in [-0.15, -0.1) is 0 Å². The number of pyridine rings is 1. The fourth-order valence-electron chi connectivity index (χ4n) is 4.02. The summed E-state index contributed by atoms with van der Waals surface area (Å²) in [6.45, 7) is 3.96. The van der Waals surface area contributed by atoms with Gasteiger partial charge in [0.2, 0.25) is 0 Å². The summed E-state index contributed by atoms with van der Waals surface area (Å²) in [5.74, 6) is 0.888. The molecule has 4 heterocycles. The van der Waals surface area contributed by atoms with Crippen molar-refractivity contribution >= 4 is 5.91 Å². The van der Waals surface area contributed by atoms with Gasteiger partial charge in [0.05, 0.1) is 17.5 Å². The molecule has 24 heavy (non-hydrogen) atoms. The van der Waals surface area contributed by atoms with E-state index in [1.807, 2.05) is 18.2 Å². The number of carbonyl (C=O) groups is 1. The second-order valence-corrected chi connectivity index (χ2v) is 6.55. The lowest BCUT2D eigenvalue weighted by molar-refractivity contribution is 0.0679. The predicted molar refractivity (Wildman–Crippen MR) is 91.2 cm³/mol. The molecule has 0 saturated carbocycles. The Balaban J connectivity index is 1.69. The van der Waals surface area contributed by atoms with Gasteiger partial charge in [-0.25, -0.2) is 9.67 Å². The van der Waals surface area contributed by atoms with Crippen molar-refractivity contribution < 1.29 is 4.79 Å². The van der Waals surface area contributed by atoms with Crippen molar-refractivity contribution in [1.29, 1.82) is 0 Å². The maximum absolute atomic E-state index is 13.3. The van der Waals surface area contributed by atoms with E-state index in [1.54, 1.807) is 17.1 Å². The van der Waals surface area contributed by atoms with Crippen LogP contribution in [-0.4, -0.2) is 50.7 Å². The maximum Gasteiger partial charge on any atom is 0.257 e. The van der Waals surface area contributed by atoms with Crippen LogP contribution in [-0.2, 0) is 6.42 Å². The Morgan fingerprint density at radius 1 is 1.29 bits per heavy atom. The molecule has 0 spiro atoms. The van der Waals surface area contributed by atoms with Crippen LogP contribution in [0.1, 0.15) is 42.2 Å². The van der Waals surface area contributed by atoms with Gasteiger partial charge < -0.3 is 10.2 Å². The SMILES string of the molecule is CCc1c(C(=O)N2C3CCNCC2CC3)cnn1-c1ccccn1. The third-order valence-electron chi connectivity index (χ3n) is 5.19. The van der Waals surface area contributed by atoms with Crippen molar-refractivity contribution in [2.45, 2.75) is 44.7 Å². The molecule has 0 aliphatic carbocycles. The number of carbonyl (C=O) groups excluding carboxylic acids is 1. The topological polar surface area (TPSA) is 63.1 Å². The molecule has 6 heteroatoms.